The molecule has 0 spiro atoms. The van der Waals surface area contributed by atoms with Crippen molar-refractivity contribution in [2.24, 2.45) is 0 Å². The van der Waals surface area contributed by atoms with E-state index in [4.69, 9.17) is 0 Å². The lowest BCUT2D eigenvalue weighted by Gasteiger charge is -2.09. The summed E-state index contributed by atoms with van der Waals surface area (Å²) in [6.07, 6.45) is 2.41. The Hall–Kier alpha value is -1.17. The van der Waals surface area contributed by atoms with Gasteiger partial charge in [-0.25, -0.2) is 4.98 Å². The van der Waals surface area contributed by atoms with E-state index in [1.54, 1.807) is 0 Å². The molecular formula is C9H14N4OS. The van der Waals surface area contributed by atoms with Crippen LogP contribution in [0.15, 0.2) is 0 Å². The second-order valence-electron chi connectivity index (χ2n) is 3.55. The zero-order valence-electron chi connectivity index (χ0n) is 8.62. The molecule has 0 radical (unpaired) electrons. The molecule has 1 fully saturated rings. The van der Waals surface area contributed by atoms with E-state index in [9.17, 15) is 4.79 Å². The number of carbonyl (C=O) groups excluding carboxylic acids is 1. The Labute approximate surface area is 92.5 Å². The maximum absolute atomic E-state index is 11.0. The Balaban J connectivity index is 1.80. The SMILES string of the molecule is CCc1nsc(NCC2CCC(=O)N2)n1. The van der Waals surface area contributed by atoms with Crippen LogP contribution in [0.2, 0.25) is 0 Å². The highest BCUT2D eigenvalue weighted by Gasteiger charge is 2.20. The second kappa shape index (κ2) is 4.57. The van der Waals surface area contributed by atoms with Crippen LogP contribution >= 0.6 is 11.5 Å². The first kappa shape index (κ1) is 10.4. The lowest BCUT2D eigenvalue weighted by Crippen LogP contribution is -2.31. The average molecular weight is 226 g/mol. The summed E-state index contributed by atoms with van der Waals surface area (Å²) in [5.41, 5.74) is 0. The summed E-state index contributed by atoms with van der Waals surface area (Å²) in [6.45, 7) is 2.77. The zero-order chi connectivity index (χ0) is 10.7. The molecule has 2 rings (SSSR count). The molecule has 1 atom stereocenters. The van der Waals surface area contributed by atoms with E-state index in [1.165, 1.54) is 11.5 Å². The third-order valence-corrected chi connectivity index (χ3v) is 3.08. The molecule has 0 saturated carbocycles. The fourth-order valence-electron chi connectivity index (χ4n) is 1.51. The topological polar surface area (TPSA) is 66.9 Å². The van der Waals surface area contributed by atoms with Crippen molar-refractivity contribution in [3.63, 3.8) is 0 Å². The minimum absolute atomic E-state index is 0.147. The largest absolute Gasteiger partial charge is 0.358 e. The van der Waals surface area contributed by atoms with E-state index in [1.807, 2.05) is 6.92 Å². The fraction of sp³-hybridized carbons (Fsp3) is 0.667. The van der Waals surface area contributed by atoms with Crippen LogP contribution in [0.25, 0.3) is 0 Å². The van der Waals surface area contributed by atoms with Crippen LogP contribution in [0.4, 0.5) is 5.13 Å². The van der Waals surface area contributed by atoms with Crippen molar-refractivity contribution >= 4 is 22.6 Å². The fourth-order valence-corrected chi connectivity index (χ4v) is 2.17. The maximum atomic E-state index is 11.0. The summed E-state index contributed by atoms with van der Waals surface area (Å²) >= 11 is 1.37. The normalized spacial score (nSPS) is 20.3. The van der Waals surface area contributed by atoms with Crippen LogP contribution < -0.4 is 10.6 Å². The van der Waals surface area contributed by atoms with E-state index >= 15 is 0 Å². The highest BCUT2D eigenvalue weighted by Crippen LogP contribution is 2.13. The molecule has 5 nitrogen and oxygen atoms in total. The molecule has 2 heterocycles. The van der Waals surface area contributed by atoms with Gasteiger partial charge in [0.05, 0.1) is 0 Å². The molecule has 1 aliphatic rings. The lowest BCUT2D eigenvalue weighted by atomic mass is 10.2. The molecule has 1 aromatic rings. The standard InChI is InChI=1S/C9H14N4OS/c1-2-7-12-9(15-13-7)10-5-6-3-4-8(14)11-6/h6H,2-5H2,1H3,(H,11,14)(H,10,12,13). The van der Waals surface area contributed by atoms with Gasteiger partial charge >= 0.3 is 0 Å². The van der Waals surface area contributed by atoms with Gasteiger partial charge in [-0.3, -0.25) is 4.79 Å². The van der Waals surface area contributed by atoms with Gasteiger partial charge in [-0.05, 0) is 6.42 Å². The van der Waals surface area contributed by atoms with Gasteiger partial charge in [0.25, 0.3) is 0 Å². The lowest BCUT2D eigenvalue weighted by molar-refractivity contribution is -0.119. The van der Waals surface area contributed by atoms with Gasteiger partial charge in [-0.15, -0.1) is 0 Å². The summed E-state index contributed by atoms with van der Waals surface area (Å²) in [5.74, 6) is 1.02. The van der Waals surface area contributed by atoms with Crippen LogP contribution in [0.3, 0.4) is 0 Å². The average Bonchev–Trinajstić information content (AvgIpc) is 2.83. The zero-order valence-corrected chi connectivity index (χ0v) is 9.43. The Morgan fingerprint density at radius 2 is 2.53 bits per heavy atom. The van der Waals surface area contributed by atoms with E-state index in [-0.39, 0.29) is 11.9 Å². The number of nitrogens with zero attached hydrogens (tertiary/aromatic N) is 2. The minimum Gasteiger partial charge on any atom is -0.358 e. The van der Waals surface area contributed by atoms with Crippen molar-refractivity contribution in [1.29, 1.82) is 0 Å². The molecule has 2 N–H and O–H groups in total. The van der Waals surface area contributed by atoms with Gasteiger partial charge in [0.1, 0.15) is 5.82 Å². The van der Waals surface area contributed by atoms with E-state index < -0.39 is 0 Å². The molecule has 0 bridgehead atoms. The molecule has 1 aliphatic heterocycles. The smallest absolute Gasteiger partial charge is 0.220 e. The van der Waals surface area contributed by atoms with Crippen LogP contribution in [0, 0.1) is 0 Å². The minimum atomic E-state index is 0.147. The Morgan fingerprint density at radius 3 is 3.13 bits per heavy atom. The third-order valence-electron chi connectivity index (χ3n) is 2.37. The third kappa shape index (κ3) is 2.65. The molecule has 1 amide bonds. The number of hydrogen-bond donors (Lipinski definition) is 2. The van der Waals surface area contributed by atoms with Gasteiger partial charge in [-0.1, -0.05) is 6.92 Å². The van der Waals surface area contributed by atoms with Crippen molar-refractivity contribution in [2.45, 2.75) is 32.2 Å². The van der Waals surface area contributed by atoms with E-state index in [0.717, 1.165) is 30.3 Å². The van der Waals surface area contributed by atoms with Gasteiger partial charge in [0.2, 0.25) is 11.0 Å². The quantitative estimate of drug-likeness (QED) is 0.796. The van der Waals surface area contributed by atoms with Crippen molar-refractivity contribution in [2.75, 3.05) is 11.9 Å². The van der Waals surface area contributed by atoms with Crippen LogP contribution in [-0.4, -0.2) is 27.9 Å². The van der Waals surface area contributed by atoms with E-state index in [2.05, 4.69) is 20.0 Å². The number of amides is 1. The molecular weight excluding hydrogens is 212 g/mol. The molecule has 0 aliphatic carbocycles. The summed E-state index contributed by atoms with van der Waals surface area (Å²) in [4.78, 5) is 15.2. The first-order chi connectivity index (χ1) is 7.28. The first-order valence-electron chi connectivity index (χ1n) is 5.13. The molecule has 1 aromatic heterocycles. The maximum Gasteiger partial charge on any atom is 0.220 e. The van der Waals surface area contributed by atoms with E-state index in [0.29, 0.717) is 6.42 Å². The molecule has 1 unspecified atom stereocenters. The monoisotopic (exact) mass is 226 g/mol. The summed E-state index contributed by atoms with van der Waals surface area (Å²) in [5, 5.41) is 6.93. The molecule has 1 saturated heterocycles. The van der Waals surface area contributed by atoms with Crippen molar-refractivity contribution in [1.82, 2.24) is 14.7 Å². The number of carbonyl (C=O) groups is 1. The van der Waals surface area contributed by atoms with Gasteiger partial charge in [-0.2, -0.15) is 4.37 Å². The van der Waals surface area contributed by atoms with Crippen LogP contribution in [0.1, 0.15) is 25.6 Å². The second-order valence-corrected chi connectivity index (χ2v) is 4.31. The number of aryl methyl sites for hydroxylation is 1. The Morgan fingerprint density at radius 1 is 1.67 bits per heavy atom. The van der Waals surface area contributed by atoms with Gasteiger partial charge in [0.15, 0.2) is 0 Å². The predicted molar refractivity (Wildman–Crippen MR) is 58.9 cm³/mol. The highest BCUT2D eigenvalue weighted by molar-refractivity contribution is 7.09. The van der Waals surface area contributed by atoms with Crippen LogP contribution in [-0.2, 0) is 11.2 Å². The Kier molecular flexibility index (Phi) is 3.15. The molecule has 6 heteroatoms. The number of hydrogen-bond acceptors (Lipinski definition) is 5. The summed E-state index contributed by atoms with van der Waals surface area (Å²) in [7, 11) is 0. The summed E-state index contributed by atoms with van der Waals surface area (Å²) in [6, 6.07) is 0.242. The number of anilines is 1. The predicted octanol–water partition coefficient (Wildman–Crippen LogP) is 0.791. The first-order valence-corrected chi connectivity index (χ1v) is 5.91. The van der Waals surface area contributed by atoms with Crippen molar-refractivity contribution in [3.8, 4) is 0 Å². The number of aromatic nitrogens is 2. The summed E-state index contributed by atoms with van der Waals surface area (Å²) < 4.78 is 4.18. The van der Waals surface area contributed by atoms with Crippen LogP contribution in [0.5, 0.6) is 0 Å². The van der Waals surface area contributed by atoms with Gasteiger partial charge in [0, 0.05) is 37.0 Å². The number of nitrogens with one attached hydrogen (secondary N) is 2. The van der Waals surface area contributed by atoms with Crippen molar-refractivity contribution in [3.05, 3.63) is 5.82 Å². The molecule has 0 aromatic carbocycles. The Bertz CT molecular complexity index is 352. The molecule has 15 heavy (non-hydrogen) atoms. The molecule has 82 valence electrons. The highest BCUT2D eigenvalue weighted by atomic mass is 32.1. The number of rotatable bonds is 4. The van der Waals surface area contributed by atoms with Gasteiger partial charge < -0.3 is 10.6 Å². The van der Waals surface area contributed by atoms with Crippen molar-refractivity contribution < 1.29 is 4.79 Å².